The molecule has 0 radical (unpaired) electrons. The summed E-state index contributed by atoms with van der Waals surface area (Å²) in [6.07, 6.45) is 2.28. The van der Waals surface area contributed by atoms with Crippen LogP contribution in [0.4, 0.5) is 0 Å². The van der Waals surface area contributed by atoms with Crippen LogP contribution in [-0.2, 0) is 16.0 Å². The second kappa shape index (κ2) is 5.63. The number of carbonyl (C=O) groups excluding carboxylic acids is 2. The number of rotatable bonds is 3. The molecule has 2 rings (SSSR count). The summed E-state index contributed by atoms with van der Waals surface area (Å²) in [4.78, 5) is 25.1. The molecule has 4 heteroatoms. The van der Waals surface area contributed by atoms with Gasteiger partial charge in [0.15, 0.2) is 5.78 Å². The zero-order chi connectivity index (χ0) is 15.8. The van der Waals surface area contributed by atoms with E-state index in [1.165, 1.54) is 6.08 Å². The van der Waals surface area contributed by atoms with E-state index < -0.39 is 11.5 Å². The molecule has 1 aliphatic heterocycles. The van der Waals surface area contributed by atoms with Crippen LogP contribution >= 0.6 is 15.9 Å². The zero-order valence-electron chi connectivity index (χ0n) is 12.4. The van der Waals surface area contributed by atoms with Crippen molar-refractivity contribution in [2.45, 2.75) is 38.6 Å². The van der Waals surface area contributed by atoms with Gasteiger partial charge in [0.2, 0.25) is 5.91 Å². The molecule has 1 aromatic carbocycles. The summed E-state index contributed by atoms with van der Waals surface area (Å²) in [5, 5.41) is 2.76. The lowest BCUT2D eigenvalue weighted by Gasteiger charge is -2.18. The number of hydrogen-bond acceptors (Lipinski definition) is 2. The van der Waals surface area contributed by atoms with Crippen LogP contribution in [0.15, 0.2) is 35.0 Å². The third-order valence-electron chi connectivity index (χ3n) is 3.84. The van der Waals surface area contributed by atoms with Gasteiger partial charge < -0.3 is 5.32 Å². The Labute approximate surface area is 133 Å². The molecule has 2 unspecified atom stereocenters. The van der Waals surface area contributed by atoms with Gasteiger partial charge in [0.05, 0.1) is 0 Å². The van der Waals surface area contributed by atoms with Crippen molar-refractivity contribution >= 4 is 27.6 Å². The molecule has 0 spiro atoms. The zero-order valence-corrected chi connectivity index (χ0v) is 14.0. The Morgan fingerprint density at radius 2 is 2.14 bits per heavy atom. The molecule has 0 bridgehead atoms. The summed E-state index contributed by atoms with van der Waals surface area (Å²) < 4.78 is 0.805. The van der Waals surface area contributed by atoms with E-state index in [2.05, 4.69) is 33.6 Å². The minimum Gasteiger partial charge on any atom is -0.339 e. The molecular formula is C17H18BrNO2. The standard InChI is InChI=1S/C17H18BrNO2/c1-5-7-17(4)15(20)14(16(21)19-17)13-11(6-2)8-10(3)9-12(13)18/h7-9,14H,1,6H2,2-4H3,(H,19,21). The molecule has 1 aromatic rings. The highest BCUT2D eigenvalue weighted by Crippen LogP contribution is 2.37. The van der Waals surface area contributed by atoms with E-state index in [1.54, 1.807) is 6.92 Å². The third-order valence-corrected chi connectivity index (χ3v) is 4.50. The monoisotopic (exact) mass is 347 g/mol. The van der Waals surface area contributed by atoms with Crippen molar-refractivity contribution < 1.29 is 9.59 Å². The highest BCUT2D eigenvalue weighted by atomic mass is 79.9. The number of aryl methyl sites for hydroxylation is 2. The lowest BCUT2D eigenvalue weighted by molar-refractivity contribution is -0.124. The van der Waals surface area contributed by atoms with Crippen molar-refractivity contribution in [1.29, 1.82) is 0 Å². The minimum absolute atomic E-state index is 0.164. The molecule has 110 valence electrons. The molecule has 1 amide bonds. The number of carbonyl (C=O) groups is 2. The van der Waals surface area contributed by atoms with Crippen molar-refractivity contribution in [3.05, 3.63) is 51.7 Å². The number of halogens is 1. The molecule has 1 aliphatic rings. The number of Topliss-reactive ketones (excluding diaryl/α,β-unsaturated/α-hetero) is 1. The molecule has 0 aliphatic carbocycles. The van der Waals surface area contributed by atoms with E-state index in [4.69, 9.17) is 0 Å². The van der Waals surface area contributed by atoms with Crippen LogP contribution < -0.4 is 5.32 Å². The van der Waals surface area contributed by atoms with Gasteiger partial charge in [-0.05, 0) is 49.1 Å². The first-order valence-electron chi connectivity index (χ1n) is 6.86. The van der Waals surface area contributed by atoms with E-state index in [-0.39, 0.29) is 11.7 Å². The van der Waals surface area contributed by atoms with E-state index in [9.17, 15) is 9.59 Å². The normalized spacial score (nSPS) is 24.7. The van der Waals surface area contributed by atoms with Crippen LogP contribution in [0.2, 0.25) is 0 Å². The second-order valence-electron chi connectivity index (χ2n) is 5.51. The van der Waals surface area contributed by atoms with Gasteiger partial charge in [0.1, 0.15) is 11.5 Å². The number of amides is 1. The molecule has 21 heavy (non-hydrogen) atoms. The summed E-state index contributed by atoms with van der Waals surface area (Å²) in [6, 6.07) is 3.97. The summed E-state index contributed by atoms with van der Waals surface area (Å²) in [7, 11) is 0. The number of nitrogens with one attached hydrogen (secondary N) is 1. The number of ketones is 1. The maximum atomic E-state index is 12.7. The summed E-state index contributed by atoms with van der Waals surface area (Å²) in [6.45, 7) is 9.19. The van der Waals surface area contributed by atoms with E-state index in [0.717, 1.165) is 27.6 Å². The highest BCUT2D eigenvalue weighted by Gasteiger charge is 2.49. The second-order valence-corrected chi connectivity index (χ2v) is 6.36. The van der Waals surface area contributed by atoms with E-state index >= 15 is 0 Å². The van der Waals surface area contributed by atoms with Crippen molar-refractivity contribution in [2.75, 3.05) is 0 Å². The molecule has 1 saturated heterocycles. The first kappa shape index (κ1) is 15.7. The number of hydrogen-bond donors (Lipinski definition) is 1. The van der Waals surface area contributed by atoms with Gasteiger partial charge in [-0.1, -0.05) is 35.5 Å². The molecule has 1 N–H and O–H groups in total. The first-order valence-corrected chi connectivity index (χ1v) is 7.65. The minimum atomic E-state index is -1.03. The summed E-state index contributed by atoms with van der Waals surface area (Å²) in [5.41, 5.74) is 4.46. The van der Waals surface area contributed by atoms with Gasteiger partial charge in [-0.15, -0.1) is 5.73 Å². The van der Waals surface area contributed by atoms with Gasteiger partial charge in [-0.3, -0.25) is 9.59 Å². The largest absolute Gasteiger partial charge is 0.339 e. The van der Waals surface area contributed by atoms with Crippen LogP contribution in [0.1, 0.15) is 36.5 Å². The smallest absolute Gasteiger partial charge is 0.236 e. The van der Waals surface area contributed by atoms with E-state index in [0.29, 0.717) is 0 Å². The van der Waals surface area contributed by atoms with Crippen molar-refractivity contribution in [3.8, 4) is 0 Å². The van der Waals surface area contributed by atoms with Gasteiger partial charge in [0.25, 0.3) is 0 Å². The fourth-order valence-corrected chi connectivity index (χ4v) is 3.67. The predicted octanol–water partition coefficient (Wildman–Crippen LogP) is 3.20. The molecule has 1 heterocycles. The topological polar surface area (TPSA) is 46.2 Å². The Morgan fingerprint density at radius 3 is 2.71 bits per heavy atom. The summed E-state index contributed by atoms with van der Waals surface area (Å²) >= 11 is 3.51. The maximum absolute atomic E-state index is 12.7. The highest BCUT2D eigenvalue weighted by molar-refractivity contribution is 9.10. The van der Waals surface area contributed by atoms with Gasteiger partial charge in [-0.2, -0.15) is 0 Å². The Hall–Kier alpha value is -1.64. The average Bonchev–Trinajstić information content (AvgIpc) is 2.61. The van der Waals surface area contributed by atoms with Crippen LogP contribution in [-0.4, -0.2) is 17.2 Å². The lowest BCUT2D eigenvalue weighted by atomic mass is 9.85. The van der Waals surface area contributed by atoms with Crippen molar-refractivity contribution in [2.24, 2.45) is 0 Å². The van der Waals surface area contributed by atoms with Crippen LogP contribution in [0.25, 0.3) is 0 Å². The van der Waals surface area contributed by atoms with Gasteiger partial charge in [0, 0.05) is 4.47 Å². The quantitative estimate of drug-likeness (QED) is 0.674. The molecule has 0 saturated carbocycles. The fourth-order valence-electron chi connectivity index (χ4n) is 2.82. The maximum Gasteiger partial charge on any atom is 0.236 e. The van der Waals surface area contributed by atoms with Crippen molar-refractivity contribution in [3.63, 3.8) is 0 Å². The fraction of sp³-hybridized carbons (Fsp3) is 0.353. The SMILES string of the molecule is C=C=CC1(C)NC(=O)C(c2c(Br)cc(C)cc2CC)C1=O. The Balaban J connectivity index is 2.60. The first-order chi connectivity index (χ1) is 9.84. The van der Waals surface area contributed by atoms with Crippen molar-refractivity contribution in [1.82, 2.24) is 5.32 Å². The Kier molecular flexibility index (Phi) is 4.22. The molecule has 0 aromatic heterocycles. The molecule has 1 fully saturated rings. The van der Waals surface area contributed by atoms with Gasteiger partial charge >= 0.3 is 0 Å². The summed E-state index contributed by atoms with van der Waals surface area (Å²) in [5.74, 6) is -1.22. The molecule has 3 nitrogen and oxygen atoms in total. The van der Waals surface area contributed by atoms with Crippen LogP contribution in [0.3, 0.4) is 0 Å². The third kappa shape index (κ3) is 2.61. The molecule has 2 atom stereocenters. The van der Waals surface area contributed by atoms with Crippen LogP contribution in [0.5, 0.6) is 0 Å². The number of benzene rings is 1. The average molecular weight is 348 g/mol. The molecular weight excluding hydrogens is 330 g/mol. The van der Waals surface area contributed by atoms with Crippen LogP contribution in [0, 0.1) is 6.92 Å². The Bertz CT molecular complexity index is 674. The van der Waals surface area contributed by atoms with E-state index in [1.807, 2.05) is 26.0 Å². The van der Waals surface area contributed by atoms with Gasteiger partial charge in [-0.25, -0.2) is 0 Å². The lowest BCUT2D eigenvalue weighted by Crippen LogP contribution is -2.41. The predicted molar refractivity (Wildman–Crippen MR) is 86.3 cm³/mol. The Morgan fingerprint density at radius 1 is 1.48 bits per heavy atom.